The van der Waals surface area contributed by atoms with E-state index in [1.54, 1.807) is 33.9 Å². The van der Waals surface area contributed by atoms with E-state index >= 15 is 0 Å². The van der Waals surface area contributed by atoms with Gasteiger partial charge in [0.2, 0.25) is 0 Å². The van der Waals surface area contributed by atoms with Crippen LogP contribution in [-0.2, 0) is 9.53 Å². The summed E-state index contributed by atoms with van der Waals surface area (Å²) in [5.74, 6) is -1.42. The van der Waals surface area contributed by atoms with E-state index in [0.29, 0.717) is 0 Å². The average Bonchev–Trinajstić information content (AvgIpc) is 2.62. The van der Waals surface area contributed by atoms with Gasteiger partial charge in [0.25, 0.3) is 0 Å². The van der Waals surface area contributed by atoms with Gasteiger partial charge >= 0.3 is 11.9 Å². The SMILES string of the molecule is CC(CC(=O)OC(C)(C)C)n1ccc(C(=O)O)n1. The first kappa shape index (κ1) is 14.2. The second-order valence-electron chi connectivity index (χ2n) is 5.13. The van der Waals surface area contributed by atoms with E-state index in [-0.39, 0.29) is 24.1 Å². The highest BCUT2D eigenvalue weighted by molar-refractivity contribution is 5.85. The van der Waals surface area contributed by atoms with Gasteiger partial charge in [-0.05, 0) is 33.8 Å². The lowest BCUT2D eigenvalue weighted by Gasteiger charge is -2.21. The Bertz CT molecular complexity index is 445. The lowest BCUT2D eigenvalue weighted by molar-refractivity contribution is -0.155. The molecule has 0 saturated heterocycles. The molecule has 0 fully saturated rings. The molecule has 0 aromatic carbocycles. The number of hydrogen-bond donors (Lipinski definition) is 1. The molecule has 1 aromatic rings. The van der Waals surface area contributed by atoms with Crippen LogP contribution in [0.2, 0.25) is 0 Å². The van der Waals surface area contributed by atoms with Crippen molar-refractivity contribution in [1.82, 2.24) is 9.78 Å². The molecule has 1 aromatic heterocycles. The molecule has 1 N–H and O–H groups in total. The number of carbonyl (C=O) groups is 2. The van der Waals surface area contributed by atoms with E-state index in [0.717, 1.165) is 0 Å². The molecule has 0 saturated carbocycles. The molecule has 0 bridgehead atoms. The van der Waals surface area contributed by atoms with Gasteiger partial charge < -0.3 is 9.84 Å². The molecule has 0 amide bonds. The Morgan fingerprint density at radius 1 is 1.50 bits per heavy atom. The van der Waals surface area contributed by atoms with Crippen molar-refractivity contribution in [2.45, 2.75) is 45.8 Å². The Morgan fingerprint density at radius 2 is 2.11 bits per heavy atom. The number of aromatic nitrogens is 2. The highest BCUT2D eigenvalue weighted by Gasteiger charge is 2.20. The summed E-state index contributed by atoms with van der Waals surface area (Å²) in [6.45, 7) is 7.17. The highest BCUT2D eigenvalue weighted by Crippen LogP contribution is 2.15. The van der Waals surface area contributed by atoms with Crippen molar-refractivity contribution in [3.8, 4) is 0 Å². The maximum atomic E-state index is 11.6. The molecule has 0 aliphatic heterocycles. The van der Waals surface area contributed by atoms with Gasteiger partial charge in [0.15, 0.2) is 5.69 Å². The van der Waals surface area contributed by atoms with Crippen molar-refractivity contribution >= 4 is 11.9 Å². The van der Waals surface area contributed by atoms with Gasteiger partial charge in [-0.2, -0.15) is 5.10 Å². The Hall–Kier alpha value is -1.85. The zero-order valence-corrected chi connectivity index (χ0v) is 11.0. The first-order valence-electron chi connectivity index (χ1n) is 5.69. The third-order valence-corrected chi connectivity index (χ3v) is 2.16. The Morgan fingerprint density at radius 3 is 2.56 bits per heavy atom. The Labute approximate surface area is 106 Å². The standard InChI is InChI=1S/C12H18N2O4/c1-8(7-10(15)18-12(2,3)4)14-6-5-9(13-14)11(16)17/h5-6,8H,7H2,1-4H3,(H,16,17). The molecule has 1 unspecified atom stereocenters. The van der Waals surface area contributed by atoms with Crippen LogP contribution in [0.3, 0.4) is 0 Å². The van der Waals surface area contributed by atoms with Gasteiger partial charge in [-0.3, -0.25) is 9.48 Å². The quantitative estimate of drug-likeness (QED) is 0.829. The van der Waals surface area contributed by atoms with Crippen LogP contribution in [0.25, 0.3) is 0 Å². The summed E-state index contributed by atoms with van der Waals surface area (Å²) in [5.41, 5.74) is -0.557. The second kappa shape index (κ2) is 5.20. The second-order valence-corrected chi connectivity index (χ2v) is 5.13. The van der Waals surface area contributed by atoms with Crippen LogP contribution < -0.4 is 0 Å². The van der Waals surface area contributed by atoms with Crippen LogP contribution in [0.15, 0.2) is 12.3 Å². The molecule has 1 atom stereocenters. The number of hydrogen-bond acceptors (Lipinski definition) is 4. The fourth-order valence-electron chi connectivity index (χ4n) is 1.42. The zero-order valence-electron chi connectivity index (χ0n) is 11.0. The molecule has 0 aliphatic carbocycles. The van der Waals surface area contributed by atoms with Crippen LogP contribution in [0.4, 0.5) is 0 Å². The normalized spacial score (nSPS) is 13.1. The topological polar surface area (TPSA) is 81.4 Å². The first-order chi connectivity index (χ1) is 8.19. The lowest BCUT2D eigenvalue weighted by Crippen LogP contribution is -2.25. The number of carboxylic acid groups (broad SMARTS) is 1. The molecule has 100 valence electrons. The lowest BCUT2D eigenvalue weighted by atomic mass is 10.2. The molecule has 6 heteroatoms. The number of nitrogens with zero attached hydrogens (tertiary/aromatic N) is 2. The van der Waals surface area contributed by atoms with Crippen LogP contribution in [0.5, 0.6) is 0 Å². The summed E-state index contributed by atoms with van der Waals surface area (Å²) in [4.78, 5) is 22.3. The van der Waals surface area contributed by atoms with E-state index < -0.39 is 11.6 Å². The fourth-order valence-corrected chi connectivity index (χ4v) is 1.42. The molecule has 0 spiro atoms. The van der Waals surface area contributed by atoms with E-state index in [2.05, 4.69) is 5.10 Å². The van der Waals surface area contributed by atoms with Crippen molar-refractivity contribution in [2.24, 2.45) is 0 Å². The van der Waals surface area contributed by atoms with Gasteiger partial charge in [0.05, 0.1) is 12.5 Å². The van der Waals surface area contributed by atoms with Gasteiger partial charge in [0, 0.05) is 6.20 Å². The van der Waals surface area contributed by atoms with Crippen molar-refractivity contribution in [1.29, 1.82) is 0 Å². The van der Waals surface area contributed by atoms with Crippen LogP contribution in [0, 0.1) is 0 Å². The van der Waals surface area contributed by atoms with Gasteiger partial charge in [-0.1, -0.05) is 0 Å². The maximum Gasteiger partial charge on any atom is 0.356 e. The third-order valence-electron chi connectivity index (χ3n) is 2.16. The monoisotopic (exact) mass is 254 g/mol. The van der Waals surface area contributed by atoms with E-state index in [1.807, 2.05) is 0 Å². The zero-order chi connectivity index (χ0) is 13.9. The number of ether oxygens (including phenoxy) is 1. The van der Waals surface area contributed by atoms with Crippen LogP contribution in [-0.4, -0.2) is 32.4 Å². The average molecular weight is 254 g/mol. The molecule has 18 heavy (non-hydrogen) atoms. The summed E-state index contributed by atoms with van der Waals surface area (Å²) in [6.07, 6.45) is 1.69. The number of carboxylic acids is 1. The fraction of sp³-hybridized carbons (Fsp3) is 0.583. The minimum atomic E-state index is -1.08. The molecule has 1 heterocycles. The van der Waals surface area contributed by atoms with Gasteiger partial charge in [-0.15, -0.1) is 0 Å². The summed E-state index contributed by atoms with van der Waals surface area (Å²) < 4.78 is 6.64. The largest absolute Gasteiger partial charge is 0.476 e. The van der Waals surface area contributed by atoms with Crippen molar-refractivity contribution < 1.29 is 19.4 Å². The minimum Gasteiger partial charge on any atom is -0.476 e. The van der Waals surface area contributed by atoms with Crippen molar-refractivity contribution in [2.75, 3.05) is 0 Å². The molecule has 0 aliphatic rings. The van der Waals surface area contributed by atoms with Crippen molar-refractivity contribution in [3.63, 3.8) is 0 Å². The summed E-state index contributed by atoms with van der Waals surface area (Å²) in [5, 5.41) is 12.6. The minimum absolute atomic E-state index is 0.0361. The number of carbonyl (C=O) groups excluding carboxylic acids is 1. The summed E-state index contributed by atoms with van der Waals surface area (Å²) >= 11 is 0. The molecule has 6 nitrogen and oxygen atoms in total. The number of aromatic carboxylic acids is 1. The van der Waals surface area contributed by atoms with Crippen LogP contribution in [0.1, 0.15) is 50.6 Å². The third kappa shape index (κ3) is 4.20. The predicted octanol–water partition coefficient (Wildman–Crippen LogP) is 1.87. The molecular weight excluding hydrogens is 236 g/mol. The van der Waals surface area contributed by atoms with Crippen LogP contribution >= 0.6 is 0 Å². The van der Waals surface area contributed by atoms with Crippen molar-refractivity contribution in [3.05, 3.63) is 18.0 Å². The first-order valence-corrected chi connectivity index (χ1v) is 5.69. The smallest absolute Gasteiger partial charge is 0.356 e. The highest BCUT2D eigenvalue weighted by atomic mass is 16.6. The Balaban J connectivity index is 2.62. The van der Waals surface area contributed by atoms with Gasteiger partial charge in [0.1, 0.15) is 5.60 Å². The van der Waals surface area contributed by atoms with E-state index in [4.69, 9.17) is 9.84 Å². The van der Waals surface area contributed by atoms with Gasteiger partial charge in [-0.25, -0.2) is 4.79 Å². The molecule has 1 rings (SSSR count). The predicted molar refractivity (Wildman–Crippen MR) is 64.4 cm³/mol. The summed E-state index contributed by atoms with van der Waals surface area (Å²) in [6, 6.07) is 1.15. The molecule has 0 radical (unpaired) electrons. The molecular formula is C12H18N2O4. The van der Waals surface area contributed by atoms with E-state index in [1.165, 1.54) is 10.7 Å². The Kier molecular flexibility index (Phi) is 4.11. The number of esters is 1. The maximum absolute atomic E-state index is 11.6. The number of rotatable bonds is 4. The van der Waals surface area contributed by atoms with E-state index in [9.17, 15) is 9.59 Å². The summed E-state index contributed by atoms with van der Waals surface area (Å²) in [7, 11) is 0.